The van der Waals surface area contributed by atoms with E-state index in [9.17, 15) is 9.59 Å². The van der Waals surface area contributed by atoms with Crippen molar-refractivity contribution in [1.82, 2.24) is 0 Å². The molecule has 4 atom stereocenters. The van der Waals surface area contributed by atoms with Crippen molar-refractivity contribution < 1.29 is 19.1 Å². The molecule has 1 aliphatic heterocycles. The van der Waals surface area contributed by atoms with Crippen molar-refractivity contribution in [2.75, 3.05) is 7.11 Å². The lowest BCUT2D eigenvalue weighted by Gasteiger charge is -2.27. The van der Waals surface area contributed by atoms with Crippen LogP contribution in [-0.2, 0) is 19.1 Å². The van der Waals surface area contributed by atoms with E-state index >= 15 is 0 Å². The van der Waals surface area contributed by atoms with E-state index in [2.05, 4.69) is 4.74 Å². The van der Waals surface area contributed by atoms with Crippen LogP contribution < -0.4 is 0 Å². The molecule has 1 saturated heterocycles. The van der Waals surface area contributed by atoms with E-state index in [0.29, 0.717) is 0 Å². The second-order valence-corrected chi connectivity index (χ2v) is 5.25. The Balaban J connectivity index is 2.48. The molecule has 0 aromatic rings. The zero-order valence-electron chi connectivity index (χ0n) is 10.2. The number of rotatable bonds is 1. The molecule has 0 N–H and O–H groups in total. The molecule has 5 heteroatoms. The minimum absolute atomic E-state index is 0.315. The Labute approximate surface area is 105 Å². The molecule has 2 aliphatic rings. The third-order valence-corrected chi connectivity index (χ3v) is 4.71. The van der Waals surface area contributed by atoms with Gasteiger partial charge in [0.05, 0.1) is 12.5 Å². The van der Waals surface area contributed by atoms with E-state index in [1.54, 1.807) is 6.92 Å². The van der Waals surface area contributed by atoms with Gasteiger partial charge in [0.1, 0.15) is 5.60 Å². The van der Waals surface area contributed by atoms with Gasteiger partial charge in [0.25, 0.3) is 0 Å². The number of fused-ring (bicyclic) bond motifs is 1. The van der Waals surface area contributed by atoms with Gasteiger partial charge in [-0.1, -0.05) is 11.1 Å². The summed E-state index contributed by atoms with van der Waals surface area (Å²) in [5.74, 6) is -2.29. The minimum Gasteiger partial charge on any atom is -0.468 e. The molecule has 17 heavy (non-hydrogen) atoms. The first kappa shape index (κ1) is 12.4. The average Bonchev–Trinajstić information content (AvgIpc) is 2.64. The van der Waals surface area contributed by atoms with Crippen molar-refractivity contribution in [3.63, 3.8) is 0 Å². The maximum absolute atomic E-state index is 11.8. The Morgan fingerprint density at radius 2 is 2.00 bits per heavy atom. The lowest BCUT2D eigenvalue weighted by molar-refractivity contribution is -0.156. The highest BCUT2D eigenvalue weighted by Gasteiger charge is 2.63. The summed E-state index contributed by atoms with van der Waals surface area (Å²) >= 11 is 6.29. The second kappa shape index (κ2) is 3.73. The summed E-state index contributed by atoms with van der Waals surface area (Å²) in [5.41, 5.74) is 1.10. The standard InChI is InChI=1S/C12H15ClO4/c1-5-6(2)9(13)12(3)8(5)7(10(14)16-4)11(15)17-12/h7-9H,1-4H3/t7-,8-,9-,12+/m0/s1. The van der Waals surface area contributed by atoms with Gasteiger partial charge < -0.3 is 9.47 Å². The van der Waals surface area contributed by atoms with Crippen molar-refractivity contribution in [3.8, 4) is 0 Å². The third-order valence-electron chi connectivity index (χ3n) is 3.95. The van der Waals surface area contributed by atoms with E-state index in [0.717, 1.165) is 11.1 Å². The van der Waals surface area contributed by atoms with Gasteiger partial charge in [-0.25, -0.2) is 0 Å². The predicted octanol–water partition coefficient (Wildman–Crippen LogP) is 1.66. The summed E-state index contributed by atoms with van der Waals surface area (Å²) in [7, 11) is 1.27. The summed E-state index contributed by atoms with van der Waals surface area (Å²) < 4.78 is 10.0. The molecule has 0 bridgehead atoms. The number of hydrogen-bond acceptors (Lipinski definition) is 4. The first-order valence-electron chi connectivity index (χ1n) is 5.46. The van der Waals surface area contributed by atoms with E-state index in [1.807, 2.05) is 13.8 Å². The summed E-state index contributed by atoms with van der Waals surface area (Å²) in [6.45, 7) is 5.56. The van der Waals surface area contributed by atoms with Crippen LogP contribution in [0.3, 0.4) is 0 Å². The Bertz CT molecular complexity index is 428. The van der Waals surface area contributed by atoms with Gasteiger partial charge in [0.2, 0.25) is 0 Å². The van der Waals surface area contributed by atoms with Crippen LogP contribution in [0.5, 0.6) is 0 Å². The van der Waals surface area contributed by atoms with E-state index < -0.39 is 23.5 Å². The molecule has 1 aliphatic carbocycles. The summed E-state index contributed by atoms with van der Waals surface area (Å²) in [4.78, 5) is 23.5. The summed E-state index contributed by atoms with van der Waals surface area (Å²) in [6, 6.07) is 0. The molecule has 0 aromatic carbocycles. The highest BCUT2D eigenvalue weighted by Crippen LogP contribution is 2.53. The number of esters is 2. The molecule has 0 spiro atoms. The lowest BCUT2D eigenvalue weighted by atomic mass is 9.81. The smallest absolute Gasteiger partial charge is 0.321 e. The van der Waals surface area contributed by atoms with Crippen molar-refractivity contribution in [2.24, 2.45) is 11.8 Å². The maximum atomic E-state index is 11.8. The quantitative estimate of drug-likeness (QED) is 0.311. The molecule has 4 nitrogen and oxygen atoms in total. The molecule has 94 valence electrons. The van der Waals surface area contributed by atoms with Crippen LogP contribution in [0.1, 0.15) is 20.8 Å². The van der Waals surface area contributed by atoms with Crippen molar-refractivity contribution in [3.05, 3.63) is 11.1 Å². The van der Waals surface area contributed by atoms with Gasteiger partial charge in [-0.15, -0.1) is 11.6 Å². The monoisotopic (exact) mass is 258 g/mol. The molecular formula is C12H15ClO4. The van der Waals surface area contributed by atoms with Gasteiger partial charge in [-0.3, -0.25) is 9.59 Å². The fourth-order valence-corrected chi connectivity index (χ4v) is 3.29. The van der Waals surface area contributed by atoms with Crippen molar-refractivity contribution >= 4 is 23.5 Å². The van der Waals surface area contributed by atoms with Gasteiger partial charge >= 0.3 is 11.9 Å². The number of carbonyl (C=O) groups excluding carboxylic acids is 2. The highest BCUT2D eigenvalue weighted by atomic mass is 35.5. The SMILES string of the molecule is COC(=O)[C@H]1C(=O)O[C@@]2(C)[C@@H](Cl)C(C)=C(C)[C@@H]12. The number of halogens is 1. The Morgan fingerprint density at radius 3 is 2.53 bits per heavy atom. The Morgan fingerprint density at radius 1 is 1.41 bits per heavy atom. The molecular weight excluding hydrogens is 244 g/mol. The Hall–Kier alpha value is -1.03. The Kier molecular flexibility index (Phi) is 2.73. The highest BCUT2D eigenvalue weighted by molar-refractivity contribution is 6.24. The van der Waals surface area contributed by atoms with Gasteiger partial charge in [-0.05, 0) is 20.8 Å². The molecule has 0 unspecified atom stereocenters. The van der Waals surface area contributed by atoms with Crippen molar-refractivity contribution in [2.45, 2.75) is 31.7 Å². The zero-order valence-corrected chi connectivity index (χ0v) is 11.0. The average molecular weight is 259 g/mol. The summed E-state index contributed by atoms with van der Waals surface area (Å²) in [6.07, 6.45) is 0. The van der Waals surface area contributed by atoms with Crippen LogP contribution in [-0.4, -0.2) is 30.0 Å². The second-order valence-electron chi connectivity index (χ2n) is 4.81. The van der Waals surface area contributed by atoms with Crippen LogP contribution in [0.2, 0.25) is 0 Å². The molecule has 0 amide bonds. The van der Waals surface area contributed by atoms with E-state index in [1.165, 1.54) is 7.11 Å². The van der Waals surface area contributed by atoms with Crippen LogP contribution in [0.4, 0.5) is 0 Å². The number of carbonyl (C=O) groups is 2. The maximum Gasteiger partial charge on any atom is 0.321 e. The molecule has 0 radical (unpaired) electrons. The van der Waals surface area contributed by atoms with E-state index in [4.69, 9.17) is 16.3 Å². The lowest BCUT2D eigenvalue weighted by Crippen LogP contribution is -2.39. The fourth-order valence-electron chi connectivity index (χ4n) is 2.93. The van der Waals surface area contributed by atoms with Crippen LogP contribution >= 0.6 is 11.6 Å². The summed E-state index contributed by atoms with van der Waals surface area (Å²) in [5, 5.41) is -0.383. The molecule has 0 aromatic heterocycles. The minimum atomic E-state index is -0.885. The number of alkyl halides is 1. The normalized spacial score (nSPS) is 40.3. The molecule has 1 heterocycles. The molecule has 1 fully saturated rings. The number of methoxy groups -OCH3 is 1. The first-order valence-corrected chi connectivity index (χ1v) is 5.90. The van der Waals surface area contributed by atoms with Crippen molar-refractivity contribution in [1.29, 1.82) is 0 Å². The fraction of sp³-hybridized carbons (Fsp3) is 0.667. The zero-order chi connectivity index (χ0) is 13.0. The van der Waals surface area contributed by atoms with Gasteiger partial charge in [0.15, 0.2) is 5.92 Å². The number of hydrogen-bond donors (Lipinski definition) is 0. The van der Waals surface area contributed by atoms with Gasteiger partial charge in [-0.2, -0.15) is 0 Å². The van der Waals surface area contributed by atoms with Gasteiger partial charge in [0, 0.05) is 5.92 Å². The molecule has 0 saturated carbocycles. The van der Waals surface area contributed by atoms with Crippen LogP contribution in [0.15, 0.2) is 11.1 Å². The topological polar surface area (TPSA) is 52.6 Å². The molecule has 2 rings (SSSR count). The largest absolute Gasteiger partial charge is 0.468 e. The van der Waals surface area contributed by atoms with Crippen LogP contribution in [0, 0.1) is 11.8 Å². The third kappa shape index (κ3) is 1.43. The van der Waals surface area contributed by atoms with Crippen LogP contribution in [0.25, 0.3) is 0 Å². The predicted molar refractivity (Wildman–Crippen MR) is 61.5 cm³/mol. The first-order chi connectivity index (χ1) is 7.84. The number of ether oxygens (including phenoxy) is 2. The van der Waals surface area contributed by atoms with E-state index in [-0.39, 0.29) is 11.3 Å².